The molecule has 0 saturated carbocycles. The van der Waals surface area contributed by atoms with Crippen LogP contribution >= 0.6 is 0 Å². The van der Waals surface area contributed by atoms with Gasteiger partial charge in [0.05, 0.1) is 6.54 Å². The molecule has 1 aromatic carbocycles. The van der Waals surface area contributed by atoms with Crippen LogP contribution in [-0.4, -0.2) is 40.7 Å². The summed E-state index contributed by atoms with van der Waals surface area (Å²) in [5.41, 5.74) is 2.23. The van der Waals surface area contributed by atoms with Crippen LogP contribution in [0.3, 0.4) is 0 Å². The lowest BCUT2D eigenvalue weighted by Gasteiger charge is -2.32. The summed E-state index contributed by atoms with van der Waals surface area (Å²) in [4.78, 5) is 6.86. The third-order valence-electron chi connectivity index (χ3n) is 3.76. The van der Waals surface area contributed by atoms with Crippen molar-refractivity contribution >= 4 is 0 Å². The zero-order valence-corrected chi connectivity index (χ0v) is 12.0. The second-order valence-corrected chi connectivity index (χ2v) is 5.40. The van der Waals surface area contributed by atoms with Crippen LogP contribution < -0.4 is 5.32 Å². The fourth-order valence-electron chi connectivity index (χ4n) is 2.43. The summed E-state index contributed by atoms with van der Waals surface area (Å²) in [5, 5.41) is 7.46. The van der Waals surface area contributed by atoms with E-state index in [1.165, 1.54) is 5.56 Å². The fraction of sp³-hybridized carbons (Fsp3) is 0.467. The lowest BCUT2D eigenvalue weighted by Crippen LogP contribution is -2.49. The maximum absolute atomic E-state index is 5.38. The van der Waals surface area contributed by atoms with Crippen LogP contribution in [-0.2, 0) is 6.54 Å². The highest BCUT2D eigenvalue weighted by Crippen LogP contribution is 2.17. The van der Waals surface area contributed by atoms with Crippen LogP contribution in [0.4, 0.5) is 0 Å². The van der Waals surface area contributed by atoms with E-state index in [1.54, 1.807) is 0 Å². The van der Waals surface area contributed by atoms with Gasteiger partial charge in [0.2, 0.25) is 11.7 Å². The lowest BCUT2D eigenvalue weighted by molar-refractivity contribution is 0.146. The minimum Gasteiger partial charge on any atom is -0.338 e. The number of benzene rings is 1. The predicted octanol–water partition coefficient (Wildman–Crippen LogP) is 1.84. The van der Waals surface area contributed by atoms with E-state index in [2.05, 4.69) is 46.3 Å². The van der Waals surface area contributed by atoms with Gasteiger partial charge in [0.15, 0.2) is 0 Å². The van der Waals surface area contributed by atoms with Gasteiger partial charge in [0.1, 0.15) is 0 Å². The van der Waals surface area contributed by atoms with Crippen molar-refractivity contribution in [2.24, 2.45) is 0 Å². The summed E-state index contributed by atoms with van der Waals surface area (Å²) in [7, 11) is 0. The van der Waals surface area contributed by atoms with Gasteiger partial charge < -0.3 is 9.84 Å². The largest absolute Gasteiger partial charge is 0.338 e. The Balaban J connectivity index is 1.71. The standard InChI is InChI=1S/C15H20N4O/c1-11-3-5-13(6-4-11)15-17-14(20-18-15)10-19-8-7-16-9-12(19)2/h3-6,12,16H,7-10H2,1-2H3/t12-/m1/s1. The zero-order valence-electron chi connectivity index (χ0n) is 12.0. The van der Waals surface area contributed by atoms with Crippen LogP contribution in [0.1, 0.15) is 18.4 Å². The van der Waals surface area contributed by atoms with Gasteiger partial charge >= 0.3 is 0 Å². The highest BCUT2D eigenvalue weighted by Gasteiger charge is 2.20. The Morgan fingerprint density at radius 3 is 2.90 bits per heavy atom. The molecule has 2 heterocycles. The third kappa shape index (κ3) is 2.89. The smallest absolute Gasteiger partial charge is 0.241 e. The Kier molecular flexibility index (Phi) is 3.80. The van der Waals surface area contributed by atoms with Crippen molar-refractivity contribution in [3.05, 3.63) is 35.7 Å². The van der Waals surface area contributed by atoms with Gasteiger partial charge in [-0.25, -0.2) is 0 Å². The second-order valence-electron chi connectivity index (χ2n) is 5.40. The van der Waals surface area contributed by atoms with Gasteiger partial charge in [0.25, 0.3) is 0 Å². The number of hydrogen-bond donors (Lipinski definition) is 1. The van der Waals surface area contributed by atoms with Crippen LogP contribution in [0.5, 0.6) is 0 Å². The Morgan fingerprint density at radius 2 is 2.15 bits per heavy atom. The minimum atomic E-state index is 0.499. The molecule has 2 aromatic rings. The number of hydrogen-bond acceptors (Lipinski definition) is 5. The summed E-state index contributed by atoms with van der Waals surface area (Å²) < 4.78 is 5.38. The van der Waals surface area contributed by atoms with E-state index in [0.717, 1.165) is 31.7 Å². The first-order valence-corrected chi connectivity index (χ1v) is 7.07. The van der Waals surface area contributed by atoms with Crippen molar-refractivity contribution in [1.29, 1.82) is 0 Å². The van der Waals surface area contributed by atoms with Crippen molar-refractivity contribution in [2.45, 2.75) is 26.4 Å². The molecule has 3 rings (SSSR count). The molecule has 5 heteroatoms. The Morgan fingerprint density at radius 1 is 1.35 bits per heavy atom. The molecule has 0 aliphatic carbocycles. The zero-order chi connectivity index (χ0) is 13.9. The number of nitrogens with one attached hydrogen (secondary N) is 1. The Bertz CT molecular complexity index is 564. The molecule has 1 aliphatic heterocycles. The van der Waals surface area contributed by atoms with E-state index in [0.29, 0.717) is 17.8 Å². The van der Waals surface area contributed by atoms with E-state index in [-0.39, 0.29) is 0 Å². The van der Waals surface area contributed by atoms with Gasteiger partial charge in [-0.05, 0) is 13.8 Å². The number of rotatable bonds is 3. The molecule has 0 bridgehead atoms. The summed E-state index contributed by atoms with van der Waals surface area (Å²) >= 11 is 0. The molecule has 0 radical (unpaired) electrons. The molecular formula is C15H20N4O. The van der Waals surface area contributed by atoms with Crippen molar-refractivity contribution < 1.29 is 4.52 Å². The lowest BCUT2D eigenvalue weighted by atomic mass is 10.1. The molecule has 1 fully saturated rings. The fourth-order valence-corrected chi connectivity index (χ4v) is 2.43. The Labute approximate surface area is 119 Å². The van der Waals surface area contributed by atoms with E-state index in [9.17, 15) is 0 Å². The normalized spacial score (nSPS) is 20.2. The summed E-state index contributed by atoms with van der Waals surface area (Å²) in [5.74, 6) is 1.36. The third-order valence-corrected chi connectivity index (χ3v) is 3.76. The molecule has 1 atom stereocenters. The first kappa shape index (κ1) is 13.3. The summed E-state index contributed by atoms with van der Waals surface area (Å²) in [6.45, 7) is 8.05. The van der Waals surface area contributed by atoms with Crippen LogP contribution in [0.2, 0.25) is 0 Å². The molecule has 106 valence electrons. The van der Waals surface area contributed by atoms with Crippen molar-refractivity contribution in [3.8, 4) is 11.4 Å². The highest BCUT2D eigenvalue weighted by molar-refractivity contribution is 5.54. The van der Waals surface area contributed by atoms with Crippen LogP contribution in [0.15, 0.2) is 28.8 Å². The van der Waals surface area contributed by atoms with Crippen LogP contribution in [0, 0.1) is 6.92 Å². The summed E-state index contributed by atoms with van der Waals surface area (Å²) in [6, 6.07) is 8.67. The number of piperazine rings is 1. The van der Waals surface area contributed by atoms with Gasteiger partial charge in [-0.2, -0.15) is 4.98 Å². The maximum Gasteiger partial charge on any atom is 0.241 e. The van der Waals surface area contributed by atoms with E-state index >= 15 is 0 Å². The first-order chi connectivity index (χ1) is 9.72. The SMILES string of the molecule is Cc1ccc(-c2noc(CN3CCNC[C@H]3C)n2)cc1. The molecule has 5 nitrogen and oxygen atoms in total. The van der Waals surface area contributed by atoms with Gasteiger partial charge in [0, 0.05) is 31.2 Å². The number of aryl methyl sites for hydroxylation is 1. The first-order valence-electron chi connectivity index (χ1n) is 7.07. The monoisotopic (exact) mass is 272 g/mol. The van der Waals surface area contributed by atoms with Crippen molar-refractivity contribution in [2.75, 3.05) is 19.6 Å². The predicted molar refractivity (Wildman–Crippen MR) is 77.2 cm³/mol. The number of nitrogens with zero attached hydrogens (tertiary/aromatic N) is 3. The van der Waals surface area contributed by atoms with E-state index < -0.39 is 0 Å². The minimum absolute atomic E-state index is 0.499. The van der Waals surface area contributed by atoms with Gasteiger partial charge in [-0.1, -0.05) is 35.0 Å². The molecule has 20 heavy (non-hydrogen) atoms. The molecule has 0 amide bonds. The average Bonchev–Trinajstić information content (AvgIpc) is 2.91. The number of aromatic nitrogens is 2. The van der Waals surface area contributed by atoms with Gasteiger partial charge in [-0.3, -0.25) is 4.90 Å². The molecule has 0 unspecified atom stereocenters. The van der Waals surface area contributed by atoms with Crippen LogP contribution in [0.25, 0.3) is 11.4 Å². The van der Waals surface area contributed by atoms with Gasteiger partial charge in [-0.15, -0.1) is 0 Å². The van der Waals surface area contributed by atoms with Crippen molar-refractivity contribution in [1.82, 2.24) is 20.4 Å². The topological polar surface area (TPSA) is 54.2 Å². The molecule has 1 aliphatic rings. The molecule has 1 N–H and O–H groups in total. The van der Waals surface area contributed by atoms with Crippen molar-refractivity contribution in [3.63, 3.8) is 0 Å². The molecule has 1 saturated heterocycles. The Hall–Kier alpha value is -1.72. The molecular weight excluding hydrogens is 252 g/mol. The maximum atomic E-state index is 5.38. The van der Waals surface area contributed by atoms with E-state index in [4.69, 9.17) is 4.52 Å². The highest BCUT2D eigenvalue weighted by atomic mass is 16.5. The van der Waals surface area contributed by atoms with E-state index in [1.807, 2.05) is 12.1 Å². The second kappa shape index (κ2) is 5.73. The average molecular weight is 272 g/mol. The molecule has 1 aromatic heterocycles. The molecule has 0 spiro atoms. The summed E-state index contributed by atoms with van der Waals surface area (Å²) in [6.07, 6.45) is 0. The quantitative estimate of drug-likeness (QED) is 0.924.